The van der Waals surface area contributed by atoms with Crippen LogP contribution in [-0.4, -0.2) is 31.9 Å². The van der Waals surface area contributed by atoms with Crippen LogP contribution in [0.4, 0.5) is 0 Å². The molecule has 0 aliphatic heterocycles. The van der Waals surface area contributed by atoms with Gasteiger partial charge in [0.2, 0.25) is 0 Å². The minimum atomic E-state index is -1.20. The molecule has 7 nitrogen and oxygen atoms in total. The Hall–Kier alpha value is -2.83. The van der Waals surface area contributed by atoms with Crippen LogP contribution < -0.4 is 5.32 Å². The van der Waals surface area contributed by atoms with Crippen LogP contribution in [0.3, 0.4) is 0 Å². The maximum Gasteiger partial charge on any atom is 0.354 e. The van der Waals surface area contributed by atoms with Crippen LogP contribution in [0, 0.1) is 0 Å². The summed E-state index contributed by atoms with van der Waals surface area (Å²) in [6.45, 7) is 0.313. The lowest BCUT2D eigenvalue weighted by Gasteiger charge is -2.04. The predicted molar refractivity (Wildman–Crippen MR) is 64.4 cm³/mol. The van der Waals surface area contributed by atoms with Crippen molar-refractivity contribution in [2.24, 2.45) is 0 Å². The molecule has 1 amide bonds. The topological polar surface area (TPSA) is 105 Å². The Labute approximate surface area is 108 Å². The van der Waals surface area contributed by atoms with Crippen LogP contribution in [0.2, 0.25) is 0 Å². The standard InChI is InChI=1S/C12H10N4O3/c17-11(14-6-8-1-3-13-4-2-8)9-5-10(12(18)19)16-7-15-9/h1-5,7H,6H2,(H,14,17)(H,18,19). The number of carboxylic acids is 1. The Kier molecular flexibility index (Phi) is 3.77. The third kappa shape index (κ3) is 3.32. The van der Waals surface area contributed by atoms with E-state index in [2.05, 4.69) is 20.3 Å². The lowest BCUT2D eigenvalue weighted by molar-refractivity contribution is 0.0690. The van der Waals surface area contributed by atoms with Gasteiger partial charge in [-0.15, -0.1) is 0 Å². The molecule has 2 aromatic heterocycles. The first kappa shape index (κ1) is 12.6. The number of carbonyl (C=O) groups excluding carboxylic acids is 1. The second-order valence-corrected chi connectivity index (χ2v) is 3.63. The Morgan fingerprint density at radius 1 is 1.16 bits per heavy atom. The van der Waals surface area contributed by atoms with Crippen LogP contribution >= 0.6 is 0 Å². The third-order valence-corrected chi connectivity index (χ3v) is 2.32. The van der Waals surface area contributed by atoms with Crippen LogP contribution in [0.25, 0.3) is 0 Å². The number of hydrogen-bond acceptors (Lipinski definition) is 5. The first-order valence-corrected chi connectivity index (χ1v) is 5.39. The Bertz CT molecular complexity index is 601. The van der Waals surface area contributed by atoms with Crippen molar-refractivity contribution in [2.45, 2.75) is 6.54 Å². The molecule has 19 heavy (non-hydrogen) atoms. The van der Waals surface area contributed by atoms with Crippen molar-refractivity contribution in [3.05, 3.63) is 53.9 Å². The van der Waals surface area contributed by atoms with Gasteiger partial charge in [0.15, 0.2) is 5.69 Å². The van der Waals surface area contributed by atoms with Gasteiger partial charge >= 0.3 is 5.97 Å². The highest BCUT2D eigenvalue weighted by Gasteiger charge is 2.11. The normalized spacial score (nSPS) is 9.89. The van der Waals surface area contributed by atoms with Crippen molar-refractivity contribution in [3.8, 4) is 0 Å². The van der Waals surface area contributed by atoms with Gasteiger partial charge < -0.3 is 10.4 Å². The van der Waals surface area contributed by atoms with Crippen LogP contribution in [-0.2, 0) is 6.54 Å². The summed E-state index contributed by atoms with van der Waals surface area (Å²) in [6.07, 6.45) is 4.29. The molecule has 0 radical (unpaired) electrons. The van der Waals surface area contributed by atoms with Gasteiger partial charge in [0.05, 0.1) is 0 Å². The molecule has 0 fully saturated rings. The Morgan fingerprint density at radius 3 is 2.53 bits per heavy atom. The summed E-state index contributed by atoms with van der Waals surface area (Å²) < 4.78 is 0. The van der Waals surface area contributed by atoms with E-state index in [0.717, 1.165) is 18.0 Å². The summed E-state index contributed by atoms with van der Waals surface area (Å²) >= 11 is 0. The van der Waals surface area contributed by atoms with Gasteiger partial charge in [0.1, 0.15) is 12.0 Å². The van der Waals surface area contributed by atoms with Gasteiger partial charge in [0, 0.05) is 25.0 Å². The van der Waals surface area contributed by atoms with Crippen molar-refractivity contribution in [1.29, 1.82) is 0 Å². The molecule has 0 aliphatic carbocycles. The summed E-state index contributed by atoms with van der Waals surface area (Å²) in [5.74, 6) is -1.66. The van der Waals surface area contributed by atoms with Crippen molar-refractivity contribution < 1.29 is 14.7 Å². The second kappa shape index (κ2) is 5.67. The number of pyridine rings is 1. The average Bonchev–Trinajstić information content (AvgIpc) is 2.46. The summed E-state index contributed by atoms with van der Waals surface area (Å²) in [7, 11) is 0. The monoisotopic (exact) mass is 258 g/mol. The van der Waals surface area contributed by atoms with Gasteiger partial charge in [-0.25, -0.2) is 14.8 Å². The molecule has 0 spiro atoms. The molecular weight excluding hydrogens is 248 g/mol. The zero-order chi connectivity index (χ0) is 13.7. The number of hydrogen-bond donors (Lipinski definition) is 2. The lowest BCUT2D eigenvalue weighted by atomic mass is 10.2. The molecule has 0 saturated carbocycles. The number of aromatic carboxylic acids is 1. The number of aromatic nitrogens is 3. The number of carboxylic acid groups (broad SMARTS) is 1. The molecule has 2 aromatic rings. The number of nitrogens with one attached hydrogen (secondary N) is 1. The molecular formula is C12H10N4O3. The smallest absolute Gasteiger partial charge is 0.354 e. The summed E-state index contributed by atoms with van der Waals surface area (Å²) in [5.41, 5.74) is 0.682. The largest absolute Gasteiger partial charge is 0.477 e. The molecule has 0 saturated heterocycles. The highest BCUT2D eigenvalue weighted by atomic mass is 16.4. The van der Waals surface area contributed by atoms with E-state index in [4.69, 9.17) is 5.11 Å². The zero-order valence-corrected chi connectivity index (χ0v) is 9.78. The summed E-state index contributed by atoms with van der Waals surface area (Å²) in [5, 5.41) is 11.4. The fourth-order valence-corrected chi connectivity index (χ4v) is 1.37. The predicted octanol–water partition coefficient (Wildman–Crippen LogP) is 0.500. The van der Waals surface area contributed by atoms with E-state index < -0.39 is 11.9 Å². The van der Waals surface area contributed by atoms with Gasteiger partial charge in [0.25, 0.3) is 5.91 Å². The minimum absolute atomic E-state index is 0.0152. The van der Waals surface area contributed by atoms with E-state index in [1.165, 1.54) is 0 Å². The molecule has 0 aromatic carbocycles. The number of amides is 1. The van der Waals surface area contributed by atoms with E-state index in [-0.39, 0.29) is 11.4 Å². The summed E-state index contributed by atoms with van der Waals surface area (Å²) in [6, 6.07) is 4.66. The van der Waals surface area contributed by atoms with Crippen LogP contribution in [0.5, 0.6) is 0 Å². The van der Waals surface area contributed by atoms with E-state index in [0.29, 0.717) is 6.54 Å². The Morgan fingerprint density at radius 2 is 1.84 bits per heavy atom. The van der Waals surface area contributed by atoms with Crippen molar-refractivity contribution in [3.63, 3.8) is 0 Å². The zero-order valence-electron chi connectivity index (χ0n) is 9.78. The van der Waals surface area contributed by atoms with Gasteiger partial charge in [-0.3, -0.25) is 9.78 Å². The van der Waals surface area contributed by atoms with Gasteiger partial charge in [-0.2, -0.15) is 0 Å². The van der Waals surface area contributed by atoms with Crippen molar-refractivity contribution >= 4 is 11.9 Å². The molecule has 0 bridgehead atoms. The maximum atomic E-state index is 11.8. The van der Waals surface area contributed by atoms with E-state index in [1.807, 2.05) is 0 Å². The van der Waals surface area contributed by atoms with Crippen molar-refractivity contribution in [1.82, 2.24) is 20.3 Å². The molecule has 96 valence electrons. The maximum absolute atomic E-state index is 11.8. The molecule has 2 heterocycles. The first-order chi connectivity index (χ1) is 9.16. The molecule has 2 rings (SSSR count). The van der Waals surface area contributed by atoms with E-state index >= 15 is 0 Å². The van der Waals surface area contributed by atoms with Gasteiger partial charge in [-0.1, -0.05) is 0 Å². The quantitative estimate of drug-likeness (QED) is 0.827. The molecule has 0 atom stereocenters. The minimum Gasteiger partial charge on any atom is -0.477 e. The number of rotatable bonds is 4. The van der Waals surface area contributed by atoms with E-state index in [1.54, 1.807) is 24.5 Å². The Balaban J connectivity index is 2.04. The summed E-state index contributed by atoms with van der Waals surface area (Å²) in [4.78, 5) is 33.6. The molecule has 0 unspecified atom stereocenters. The second-order valence-electron chi connectivity index (χ2n) is 3.63. The fourth-order valence-electron chi connectivity index (χ4n) is 1.37. The van der Waals surface area contributed by atoms with Crippen LogP contribution in [0.1, 0.15) is 26.5 Å². The average molecular weight is 258 g/mol. The highest BCUT2D eigenvalue weighted by molar-refractivity contribution is 5.94. The molecule has 0 aliphatic rings. The lowest BCUT2D eigenvalue weighted by Crippen LogP contribution is -2.24. The highest BCUT2D eigenvalue weighted by Crippen LogP contribution is 2.00. The molecule has 2 N–H and O–H groups in total. The third-order valence-electron chi connectivity index (χ3n) is 2.32. The van der Waals surface area contributed by atoms with Gasteiger partial charge in [-0.05, 0) is 17.7 Å². The van der Waals surface area contributed by atoms with Crippen molar-refractivity contribution in [2.75, 3.05) is 0 Å². The fraction of sp³-hybridized carbons (Fsp3) is 0.0833. The first-order valence-electron chi connectivity index (χ1n) is 5.39. The number of carbonyl (C=O) groups is 2. The van der Waals surface area contributed by atoms with Crippen LogP contribution in [0.15, 0.2) is 36.9 Å². The van der Waals surface area contributed by atoms with E-state index in [9.17, 15) is 9.59 Å². The molecule has 7 heteroatoms. The SMILES string of the molecule is O=C(O)c1cc(C(=O)NCc2ccncc2)ncn1. The number of nitrogens with zero attached hydrogens (tertiary/aromatic N) is 3.